The molecule has 3 aromatic carbocycles. The third kappa shape index (κ3) is 15.8. The average Bonchev–Trinajstić information content (AvgIpc) is 1.64. The molecule has 0 bridgehead atoms. The number of fused-ring (bicyclic) bond motifs is 3. The normalized spacial score (nSPS) is 17.6. The fourth-order valence-electron chi connectivity index (χ4n) is 12.1. The Morgan fingerprint density at radius 2 is 1.26 bits per heavy atom. The number of nitrogens with zero attached hydrogens (tertiary/aromatic N) is 5. The summed E-state index contributed by atoms with van der Waals surface area (Å²) in [6.45, 7) is 13.7. The van der Waals surface area contributed by atoms with Crippen LogP contribution in [0, 0.1) is 0 Å². The molecule has 0 spiro atoms. The highest BCUT2D eigenvalue weighted by atomic mass is 32.2. The van der Waals surface area contributed by atoms with Crippen LogP contribution in [0.15, 0.2) is 117 Å². The number of hydrogen-bond donors (Lipinski definition) is 5. The van der Waals surface area contributed by atoms with Gasteiger partial charge in [-0.2, -0.15) is 29.8 Å². The summed E-state index contributed by atoms with van der Waals surface area (Å²) in [6.07, 6.45) is 16.1. The number of amides is 3. The van der Waals surface area contributed by atoms with Gasteiger partial charge in [0, 0.05) is 98.0 Å². The van der Waals surface area contributed by atoms with E-state index < -0.39 is 62.4 Å². The fraction of sp³-hybridized carbons (Fsp3) is 0.484. The van der Waals surface area contributed by atoms with E-state index in [9.17, 15) is 61.7 Å². The molecule has 87 heavy (non-hydrogen) atoms. The van der Waals surface area contributed by atoms with Gasteiger partial charge in [0.15, 0.2) is 5.71 Å². The lowest BCUT2D eigenvalue weighted by Crippen LogP contribution is -2.30. The molecule has 4 aliphatic rings. The van der Waals surface area contributed by atoms with E-state index in [-0.39, 0.29) is 58.2 Å². The lowest BCUT2D eigenvalue weighted by Gasteiger charge is -2.27. The minimum absolute atomic E-state index is 0.0274. The zero-order valence-corrected chi connectivity index (χ0v) is 53.5. The number of sulfonamides is 1. The summed E-state index contributed by atoms with van der Waals surface area (Å²) >= 11 is 0. The molecule has 4 aliphatic heterocycles. The van der Waals surface area contributed by atoms with E-state index in [1.807, 2.05) is 76.8 Å². The van der Waals surface area contributed by atoms with Crippen molar-refractivity contribution < 1.29 is 66.3 Å². The van der Waals surface area contributed by atoms with E-state index in [4.69, 9.17) is 4.99 Å². The number of carbonyl (C=O) groups excluding carboxylic acids is 3. The quantitative estimate of drug-likeness (QED) is 0.0141. The van der Waals surface area contributed by atoms with Gasteiger partial charge in [-0.3, -0.25) is 37.9 Å². The second-order valence-corrected chi connectivity index (χ2v) is 30.5. The highest BCUT2D eigenvalue weighted by Crippen LogP contribution is 2.49. The minimum Gasteiger partial charge on any atom is -0.356 e. The molecule has 0 atom stereocenters. The molecule has 0 saturated carbocycles. The number of rotatable bonds is 30. The molecule has 470 valence electrons. The maximum atomic E-state index is 13.4. The number of hydrogen-bond acceptors (Lipinski definition) is 14. The van der Waals surface area contributed by atoms with Crippen molar-refractivity contribution in [2.24, 2.45) is 4.99 Å². The maximum Gasteiger partial charge on any atom is 0.294 e. The monoisotopic (exact) mass is 1270 g/mol. The second kappa shape index (κ2) is 26.8. The second-order valence-electron chi connectivity index (χ2n) is 24.3. The van der Waals surface area contributed by atoms with Crippen molar-refractivity contribution in [3.63, 3.8) is 0 Å². The van der Waals surface area contributed by atoms with E-state index in [2.05, 4.69) is 19.6 Å². The summed E-state index contributed by atoms with van der Waals surface area (Å²) in [5, 5.41) is 3.06. The number of imide groups is 1. The van der Waals surface area contributed by atoms with E-state index in [1.165, 1.54) is 29.2 Å². The SMILES string of the molecule is CC1(C)C(c2cc(CCCCCC(=O)NCCCCC[N+]3=C(/C=C/C=C4/N(CCCCS(=O)(=O)O)c5ccc(S(=O)(=O)O)cc5C4(C)C)C(C)(C)c4cc(S(=O)(=O)O)ccc43)ccn2)=Nc2ccc(S(=O)(=O)NCCCCCN3C(=O)CCC3=O)cc21. The van der Waals surface area contributed by atoms with Gasteiger partial charge >= 0.3 is 0 Å². The van der Waals surface area contributed by atoms with Crippen LogP contribution in [0.2, 0.25) is 0 Å². The fourth-order valence-corrected chi connectivity index (χ4v) is 14.8. The van der Waals surface area contributed by atoms with Gasteiger partial charge in [0.1, 0.15) is 6.54 Å². The van der Waals surface area contributed by atoms with Crippen molar-refractivity contribution >= 4 is 86.6 Å². The summed E-state index contributed by atoms with van der Waals surface area (Å²) in [5.41, 5.74) is 6.21. The Bertz CT molecular complexity index is 3910. The molecule has 5 heterocycles. The molecule has 8 rings (SSSR count). The number of allylic oxidation sites excluding steroid dienone is 4. The van der Waals surface area contributed by atoms with Crippen molar-refractivity contribution in [3.05, 3.63) is 125 Å². The Labute approximate surface area is 511 Å². The number of nitrogens with one attached hydrogen (secondary N) is 2. The van der Waals surface area contributed by atoms with Crippen LogP contribution in [0.4, 0.5) is 17.1 Å². The molecule has 5 N–H and O–H groups in total. The van der Waals surface area contributed by atoms with Crippen molar-refractivity contribution in [1.29, 1.82) is 0 Å². The first-order valence-corrected chi connectivity index (χ1v) is 35.6. The summed E-state index contributed by atoms with van der Waals surface area (Å²) < 4.78 is 133. The highest BCUT2D eigenvalue weighted by molar-refractivity contribution is 7.89. The topological polar surface area (TPSA) is 307 Å². The number of anilines is 1. The van der Waals surface area contributed by atoms with E-state index in [0.29, 0.717) is 92.9 Å². The number of aliphatic imine (C=N–C) groups is 1. The Morgan fingerprint density at radius 3 is 1.97 bits per heavy atom. The van der Waals surface area contributed by atoms with Crippen LogP contribution in [0.1, 0.15) is 159 Å². The van der Waals surface area contributed by atoms with Gasteiger partial charge in [0.25, 0.3) is 30.4 Å². The summed E-state index contributed by atoms with van der Waals surface area (Å²) in [5.74, 6) is -0.753. The van der Waals surface area contributed by atoms with Crippen molar-refractivity contribution in [2.45, 2.75) is 169 Å². The average molecular weight is 1280 g/mol. The van der Waals surface area contributed by atoms with Gasteiger partial charge in [-0.15, -0.1) is 0 Å². The minimum atomic E-state index is -4.53. The molecular formula is C62H80N7O14S4+. The van der Waals surface area contributed by atoms with Crippen molar-refractivity contribution in [1.82, 2.24) is 19.9 Å². The Hall–Kier alpha value is -6.32. The highest BCUT2D eigenvalue weighted by Gasteiger charge is 2.46. The number of likely N-dealkylation sites (tertiary alicyclic amines) is 1. The molecule has 3 amide bonds. The Kier molecular flexibility index (Phi) is 20.5. The Balaban J connectivity index is 0.816. The molecule has 0 aliphatic carbocycles. The standard InChI is InChI=1S/C62H79N7O14S4/c1-60(2)48-41-45(86(78,79)80)24-27-52(48)67(54(60)20-18-21-55-61(3,4)49-42-46(87(81,82)83)25-28-53(49)68(55)36-16-17-38-84(73,74)75)35-14-8-12-32-64-56(70)22-11-7-10-19-43-31-34-63-51(39-43)59-62(5,6)47-40-44(23-26-50(47)66-59)85(76,77)65-33-13-9-15-37-69-57(71)29-30-58(69)72/h18,20-21,23-28,31,34,39-42,65H,7-17,19,22,29-30,32-33,35-38H2,1-6H3,(H3-,64,70,73,74,75,78,79,80,81,82,83)/p+1. The van der Waals surface area contributed by atoms with Crippen LogP contribution < -0.4 is 14.9 Å². The van der Waals surface area contributed by atoms with Gasteiger partial charge in [0.05, 0.1) is 42.9 Å². The van der Waals surface area contributed by atoms with Crippen LogP contribution in [0.3, 0.4) is 0 Å². The number of benzene rings is 3. The largest absolute Gasteiger partial charge is 0.356 e. The van der Waals surface area contributed by atoms with Crippen LogP contribution in [0.5, 0.6) is 0 Å². The molecular weight excluding hydrogens is 1190 g/mol. The van der Waals surface area contributed by atoms with E-state index in [0.717, 1.165) is 72.5 Å². The molecule has 4 aromatic rings. The van der Waals surface area contributed by atoms with E-state index >= 15 is 0 Å². The van der Waals surface area contributed by atoms with Crippen LogP contribution >= 0.6 is 0 Å². The predicted octanol–water partition coefficient (Wildman–Crippen LogP) is 8.96. The summed E-state index contributed by atoms with van der Waals surface area (Å²) in [6, 6.07) is 17.8. The van der Waals surface area contributed by atoms with Gasteiger partial charge < -0.3 is 10.2 Å². The first kappa shape index (κ1) is 66.6. The number of aryl methyl sites for hydroxylation is 1. The molecule has 21 nitrogen and oxygen atoms in total. The molecule has 1 aromatic heterocycles. The van der Waals surface area contributed by atoms with Gasteiger partial charge in [0.2, 0.25) is 33.4 Å². The smallest absolute Gasteiger partial charge is 0.294 e. The predicted molar refractivity (Wildman–Crippen MR) is 333 cm³/mol. The summed E-state index contributed by atoms with van der Waals surface area (Å²) in [4.78, 5) is 49.2. The van der Waals surface area contributed by atoms with Gasteiger partial charge in [-0.25, -0.2) is 18.1 Å². The number of unbranched alkanes of at least 4 members (excludes halogenated alkanes) is 7. The van der Waals surface area contributed by atoms with E-state index in [1.54, 1.807) is 36.5 Å². The maximum absolute atomic E-state index is 13.4. The van der Waals surface area contributed by atoms with Crippen LogP contribution in [0.25, 0.3) is 0 Å². The van der Waals surface area contributed by atoms with Crippen LogP contribution in [-0.4, -0.2) is 129 Å². The summed E-state index contributed by atoms with van der Waals surface area (Å²) in [7, 11) is -17.0. The van der Waals surface area contributed by atoms with Crippen molar-refractivity contribution in [3.8, 4) is 0 Å². The van der Waals surface area contributed by atoms with Crippen molar-refractivity contribution in [2.75, 3.05) is 43.4 Å². The zero-order valence-electron chi connectivity index (χ0n) is 50.2. The first-order chi connectivity index (χ1) is 40.8. The molecule has 25 heteroatoms. The molecule has 1 saturated heterocycles. The Morgan fingerprint density at radius 1 is 0.644 bits per heavy atom. The number of pyridine rings is 1. The van der Waals surface area contributed by atoms with Gasteiger partial charge in [-0.05, 0) is 169 Å². The van der Waals surface area contributed by atoms with Gasteiger partial charge in [-0.1, -0.05) is 32.8 Å². The first-order valence-electron chi connectivity index (χ1n) is 29.6. The lowest BCUT2D eigenvalue weighted by atomic mass is 9.80. The zero-order chi connectivity index (χ0) is 63.3. The molecule has 1 fully saturated rings. The third-order valence-corrected chi connectivity index (χ3v) is 20.9. The number of carbonyl (C=O) groups is 3. The molecule has 0 unspecified atom stereocenters. The number of aromatic nitrogens is 1. The van der Waals surface area contributed by atoms with Crippen LogP contribution in [-0.2, 0) is 77.4 Å². The lowest BCUT2D eigenvalue weighted by molar-refractivity contribution is -0.438. The molecule has 0 radical (unpaired) electrons. The third-order valence-electron chi connectivity index (χ3n) is 17.0.